The Morgan fingerprint density at radius 2 is 2.14 bits per heavy atom. The van der Waals surface area contributed by atoms with Crippen LogP contribution in [0.3, 0.4) is 0 Å². The van der Waals surface area contributed by atoms with Crippen LogP contribution in [0.1, 0.15) is 34.1 Å². The summed E-state index contributed by atoms with van der Waals surface area (Å²) in [5.41, 5.74) is 0. The van der Waals surface area contributed by atoms with Gasteiger partial charge in [0.05, 0.1) is 0 Å². The molecule has 0 saturated carbocycles. The molecular weight excluding hydrogens is 176 g/mol. The van der Waals surface area contributed by atoms with Crippen LogP contribution in [-0.2, 0) is 4.79 Å². The SMILES string of the molecule is CCC(C)N1CCN(C(C)=O)[C@@H](C)C1. The Bertz CT molecular complexity index is 205. The fraction of sp³-hybridized carbons (Fsp3) is 0.909. The van der Waals surface area contributed by atoms with E-state index in [1.807, 2.05) is 4.90 Å². The quantitative estimate of drug-likeness (QED) is 0.668. The van der Waals surface area contributed by atoms with Gasteiger partial charge < -0.3 is 4.90 Å². The first-order chi connectivity index (χ1) is 6.56. The molecular formula is C11H22N2O. The molecule has 14 heavy (non-hydrogen) atoms. The predicted octanol–water partition coefficient (Wildman–Crippen LogP) is 1.34. The van der Waals surface area contributed by atoms with Gasteiger partial charge in [-0.15, -0.1) is 0 Å². The number of nitrogens with zero attached hydrogens (tertiary/aromatic N) is 2. The van der Waals surface area contributed by atoms with Crippen molar-refractivity contribution in [3.63, 3.8) is 0 Å². The van der Waals surface area contributed by atoms with Crippen LogP contribution >= 0.6 is 0 Å². The first-order valence-electron chi connectivity index (χ1n) is 5.57. The molecule has 2 atom stereocenters. The van der Waals surface area contributed by atoms with Crippen molar-refractivity contribution in [3.8, 4) is 0 Å². The van der Waals surface area contributed by atoms with Crippen LogP contribution in [0.4, 0.5) is 0 Å². The van der Waals surface area contributed by atoms with E-state index in [4.69, 9.17) is 0 Å². The Morgan fingerprint density at radius 1 is 1.50 bits per heavy atom. The van der Waals surface area contributed by atoms with Gasteiger partial charge in [-0.3, -0.25) is 9.69 Å². The van der Waals surface area contributed by atoms with E-state index in [0.29, 0.717) is 12.1 Å². The van der Waals surface area contributed by atoms with E-state index in [0.717, 1.165) is 19.6 Å². The number of carbonyl (C=O) groups is 1. The highest BCUT2D eigenvalue weighted by Gasteiger charge is 2.26. The Balaban J connectivity index is 2.50. The molecule has 0 radical (unpaired) electrons. The number of rotatable bonds is 2. The second-order valence-electron chi connectivity index (χ2n) is 4.31. The molecule has 1 heterocycles. The zero-order chi connectivity index (χ0) is 10.7. The third-order valence-electron chi connectivity index (χ3n) is 3.28. The monoisotopic (exact) mass is 198 g/mol. The molecule has 3 heteroatoms. The summed E-state index contributed by atoms with van der Waals surface area (Å²) in [5.74, 6) is 0.210. The maximum Gasteiger partial charge on any atom is 0.219 e. The second kappa shape index (κ2) is 4.78. The van der Waals surface area contributed by atoms with Crippen LogP contribution in [0.15, 0.2) is 0 Å². The van der Waals surface area contributed by atoms with Gasteiger partial charge >= 0.3 is 0 Å². The van der Waals surface area contributed by atoms with E-state index in [1.54, 1.807) is 6.92 Å². The summed E-state index contributed by atoms with van der Waals surface area (Å²) in [6, 6.07) is 1.02. The molecule has 1 amide bonds. The maximum absolute atomic E-state index is 11.3. The van der Waals surface area contributed by atoms with Gasteiger partial charge in [-0.1, -0.05) is 6.92 Å². The Hall–Kier alpha value is -0.570. The number of amides is 1. The summed E-state index contributed by atoms with van der Waals surface area (Å²) in [4.78, 5) is 15.7. The van der Waals surface area contributed by atoms with E-state index in [2.05, 4.69) is 25.7 Å². The lowest BCUT2D eigenvalue weighted by atomic mass is 10.1. The summed E-state index contributed by atoms with van der Waals surface area (Å²) in [6.07, 6.45) is 1.19. The smallest absolute Gasteiger partial charge is 0.219 e. The highest BCUT2D eigenvalue weighted by Crippen LogP contribution is 2.13. The lowest BCUT2D eigenvalue weighted by Gasteiger charge is -2.41. The van der Waals surface area contributed by atoms with Gasteiger partial charge in [0.2, 0.25) is 5.91 Å². The average Bonchev–Trinajstić information content (AvgIpc) is 2.15. The highest BCUT2D eigenvalue weighted by atomic mass is 16.2. The van der Waals surface area contributed by atoms with Crippen LogP contribution in [-0.4, -0.2) is 47.4 Å². The molecule has 82 valence electrons. The molecule has 3 nitrogen and oxygen atoms in total. The van der Waals surface area contributed by atoms with Crippen molar-refractivity contribution in [3.05, 3.63) is 0 Å². The van der Waals surface area contributed by atoms with Crippen LogP contribution in [0.5, 0.6) is 0 Å². The van der Waals surface area contributed by atoms with E-state index >= 15 is 0 Å². The predicted molar refractivity (Wildman–Crippen MR) is 58.2 cm³/mol. The number of hydrogen-bond acceptors (Lipinski definition) is 2. The minimum absolute atomic E-state index is 0.210. The van der Waals surface area contributed by atoms with Gasteiger partial charge in [-0.05, 0) is 20.3 Å². The van der Waals surface area contributed by atoms with Gasteiger partial charge in [0.25, 0.3) is 0 Å². The largest absolute Gasteiger partial charge is 0.338 e. The van der Waals surface area contributed by atoms with Crippen LogP contribution in [0.25, 0.3) is 0 Å². The van der Waals surface area contributed by atoms with Crippen molar-refractivity contribution in [1.29, 1.82) is 0 Å². The van der Waals surface area contributed by atoms with Crippen molar-refractivity contribution in [2.75, 3.05) is 19.6 Å². The first kappa shape index (κ1) is 11.5. The molecule has 0 aromatic heterocycles. The Labute approximate surface area is 87.1 Å². The topological polar surface area (TPSA) is 23.6 Å². The van der Waals surface area contributed by atoms with Gasteiger partial charge in [0.1, 0.15) is 0 Å². The zero-order valence-corrected chi connectivity index (χ0v) is 9.79. The third kappa shape index (κ3) is 2.47. The molecule has 0 N–H and O–H groups in total. The van der Waals surface area contributed by atoms with Crippen molar-refractivity contribution in [2.45, 2.75) is 46.2 Å². The minimum Gasteiger partial charge on any atom is -0.338 e. The van der Waals surface area contributed by atoms with Gasteiger partial charge in [0, 0.05) is 38.6 Å². The molecule has 1 saturated heterocycles. The van der Waals surface area contributed by atoms with Crippen LogP contribution in [0, 0.1) is 0 Å². The summed E-state index contributed by atoms with van der Waals surface area (Å²) in [5, 5.41) is 0. The van der Waals surface area contributed by atoms with E-state index in [9.17, 15) is 4.79 Å². The van der Waals surface area contributed by atoms with E-state index < -0.39 is 0 Å². The molecule has 0 aliphatic carbocycles. The molecule has 0 aromatic rings. The molecule has 1 aliphatic rings. The minimum atomic E-state index is 0.210. The van der Waals surface area contributed by atoms with Gasteiger partial charge in [-0.2, -0.15) is 0 Å². The van der Waals surface area contributed by atoms with Crippen molar-refractivity contribution in [2.24, 2.45) is 0 Å². The van der Waals surface area contributed by atoms with Crippen molar-refractivity contribution in [1.82, 2.24) is 9.80 Å². The fourth-order valence-electron chi connectivity index (χ4n) is 2.11. The molecule has 0 spiro atoms. The Kier molecular flexibility index (Phi) is 3.93. The standard InChI is InChI=1S/C11H22N2O/c1-5-9(2)12-6-7-13(11(4)14)10(3)8-12/h9-10H,5-8H2,1-4H3/t9?,10-/m0/s1. The normalized spacial score (nSPS) is 26.3. The molecule has 1 fully saturated rings. The van der Waals surface area contributed by atoms with E-state index in [1.165, 1.54) is 6.42 Å². The fourth-order valence-corrected chi connectivity index (χ4v) is 2.11. The summed E-state index contributed by atoms with van der Waals surface area (Å²) in [6.45, 7) is 11.2. The molecule has 1 rings (SSSR count). The highest BCUT2D eigenvalue weighted by molar-refractivity contribution is 5.73. The average molecular weight is 198 g/mol. The second-order valence-corrected chi connectivity index (χ2v) is 4.31. The van der Waals surface area contributed by atoms with Gasteiger partial charge in [0.15, 0.2) is 0 Å². The summed E-state index contributed by atoms with van der Waals surface area (Å²) >= 11 is 0. The third-order valence-corrected chi connectivity index (χ3v) is 3.28. The molecule has 0 bridgehead atoms. The van der Waals surface area contributed by atoms with Crippen molar-refractivity contribution >= 4 is 5.91 Å². The van der Waals surface area contributed by atoms with E-state index in [-0.39, 0.29) is 5.91 Å². The molecule has 1 aliphatic heterocycles. The molecule has 0 aromatic carbocycles. The Morgan fingerprint density at radius 3 is 2.57 bits per heavy atom. The zero-order valence-electron chi connectivity index (χ0n) is 9.79. The first-order valence-corrected chi connectivity index (χ1v) is 5.57. The number of carbonyl (C=O) groups excluding carboxylic acids is 1. The van der Waals surface area contributed by atoms with Gasteiger partial charge in [-0.25, -0.2) is 0 Å². The molecule has 1 unspecified atom stereocenters. The lowest BCUT2D eigenvalue weighted by molar-refractivity contribution is -0.133. The number of piperazine rings is 1. The number of hydrogen-bond donors (Lipinski definition) is 0. The van der Waals surface area contributed by atoms with Crippen LogP contribution < -0.4 is 0 Å². The van der Waals surface area contributed by atoms with Crippen molar-refractivity contribution < 1.29 is 4.79 Å². The lowest BCUT2D eigenvalue weighted by Crippen LogP contribution is -2.55. The maximum atomic E-state index is 11.3. The summed E-state index contributed by atoms with van der Waals surface area (Å²) in [7, 11) is 0. The van der Waals surface area contributed by atoms with Crippen LogP contribution in [0.2, 0.25) is 0 Å². The summed E-state index contributed by atoms with van der Waals surface area (Å²) < 4.78 is 0.